The van der Waals surface area contributed by atoms with Crippen LogP contribution in [0.2, 0.25) is 0 Å². The summed E-state index contributed by atoms with van der Waals surface area (Å²) in [5.74, 6) is -1.09. The maximum absolute atomic E-state index is 12.0. The van der Waals surface area contributed by atoms with Crippen molar-refractivity contribution in [3.05, 3.63) is 35.4 Å². The zero-order valence-electron chi connectivity index (χ0n) is 11.5. The van der Waals surface area contributed by atoms with Gasteiger partial charge in [0.15, 0.2) is 0 Å². The first kappa shape index (κ1) is 14.8. The zero-order valence-corrected chi connectivity index (χ0v) is 11.5. The largest absolute Gasteiger partial charge is 0.481 e. The first-order valence-electron chi connectivity index (χ1n) is 6.64. The number of carbonyl (C=O) groups excluding carboxylic acids is 2. The summed E-state index contributed by atoms with van der Waals surface area (Å²) in [5.41, 5.74) is 1.43. The van der Waals surface area contributed by atoms with Gasteiger partial charge in [0.1, 0.15) is 6.54 Å². The van der Waals surface area contributed by atoms with Crippen molar-refractivity contribution >= 4 is 17.9 Å². The number of urea groups is 1. The Morgan fingerprint density at radius 2 is 2.00 bits per heavy atom. The Labute approximate surface area is 121 Å². The monoisotopic (exact) mass is 291 g/mol. The maximum atomic E-state index is 12.0. The summed E-state index contributed by atoms with van der Waals surface area (Å²) < 4.78 is 0. The number of carboxylic acids is 1. The Balaban J connectivity index is 1.94. The molecule has 112 valence electrons. The summed E-state index contributed by atoms with van der Waals surface area (Å²) in [7, 11) is 0. The molecule has 1 fully saturated rings. The molecule has 7 nitrogen and oxygen atoms in total. The number of aliphatic carboxylic acids is 1. The molecular weight excluding hydrogens is 274 g/mol. The van der Waals surface area contributed by atoms with Crippen LogP contribution in [0.4, 0.5) is 4.79 Å². The van der Waals surface area contributed by atoms with Crippen LogP contribution in [0.3, 0.4) is 0 Å². The first-order chi connectivity index (χ1) is 10.1. The summed E-state index contributed by atoms with van der Waals surface area (Å²) in [6.45, 7) is 1.19. The van der Waals surface area contributed by atoms with E-state index in [-0.39, 0.29) is 31.4 Å². The van der Waals surface area contributed by atoms with E-state index in [0.717, 1.165) is 5.56 Å². The molecule has 0 atom stereocenters. The van der Waals surface area contributed by atoms with E-state index in [1.165, 1.54) is 4.90 Å². The quantitative estimate of drug-likeness (QED) is 0.724. The zero-order chi connectivity index (χ0) is 15.2. The molecule has 0 aromatic heterocycles. The van der Waals surface area contributed by atoms with Crippen LogP contribution in [0.25, 0.3) is 0 Å². The van der Waals surface area contributed by atoms with E-state index in [0.29, 0.717) is 18.7 Å². The summed E-state index contributed by atoms with van der Waals surface area (Å²) in [5, 5.41) is 14.2. The molecule has 1 heterocycles. The number of amides is 3. The van der Waals surface area contributed by atoms with Gasteiger partial charge in [-0.15, -0.1) is 0 Å². The second-order valence-corrected chi connectivity index (χ2v) is 4.77. The maximum Gasteiger partial charge on any atom is 0.318 e. The van der Waals surface area contributed by atoms with Gasteiger partial charge in [0.2, 0.25) is 5.91 Å². The van der Waals surface area contributed by atoms with Gasteiger partial charge in [-0.1, -0.05) is 24.3 Å². The predicted octanol–water partition coefficient (Wildman–Crippen LogP) is -0.0449. The molecule has 3 amide bonds. The normalized spacial score (nSPS) is 14.5. The Morgan fingerprint density at radius 3 is 2.67 bits per heavy atom. The Morgan fingerprint density at radius 1 is 1.29 bits per heavy atom. The van der Waals surface area contributed by atoms with Crippen LogP contribution < -0.4 is 10.6 Å². The highest BCUT2D eigenvalue weighted by molar-refractivity contribution is 5.85. The van der Waals surface area contributed by atoms with Gasteiger partial charge in [0, 0.05) is 19.6 Å². The van der Waals surface area contributed by atoms with Crippen LogP contribution >= 0.6 is 0 Å². The van der Waals surface area contributed by atoms with Gasteiger partial charge >= 0.3 is 12.0 Å². The molecule has 1 saturated heterocycles. The third kappa shape index (κ3) is 4.20. The number of benzene rings is 1. The number of carboxylic acid groups (broad SMARTS) is 1. The first-order valence-corrected chi connectivity index (χ1v) is 6.64. The van der Waals surface area contributed by atoms with E-state index in [2.05, 4.69) is 10.6 Å². The van der Waals surface area contributed by atoms with Crippen molar-refractivity contribution in [3.63, 3.8) is 0 Å². The summed E-state index contributed by atoms with van der Waals surface area (Å²) in [4.78, 5) is 35.4. The predicted molar refractivity (Wildman–Crippen MR) is 74.6 cm³/mol. The lowest BCUT2D eigenvalue weighted by molar-refractivity contribution is -0.136. The molecule has 0 unspecified atom stereocenters. The van der Waals surface area contributed by atoms with Gasteiger partial charge in [-0.05, 0) is 11.1 Å². The summed E-state index contributed by atoms with van der Waals surface area (Å²) in [6, 6.07) is 6.74. The number of rotatable bonds is 4. The van der Waals surface area contributed by atoms with Crippen LogP contribution in [0.15, 0.2) is 24.3 Å². The number of nitrogens with one attached hydrogen (secondary N) is 2. The number of carbonyl (C=O) groups is 3. The summed E-state index contributed by atoms with van der Waals surface area (Å²) in [6.07, 6.45) is -0.0852. The number of hydrogen-bond acceptors (Lipinski definition) is 3. The molecule has 7 heteroatoms. The molecule has 1 aromatic rings. The molecule has 0 saturated carbocycles. The highest BCUT2D eigenvalue weighted by atomic mass is 16.4. The second-order valence-electron chi connectivity index (χ2n) is 4.77. The van der Waals surface area contributed by atoms with Crippen molar-refractivity contribution in [1.29, 1.82) is 0 Å². The Kier molecular flexibility index (Phi) is 4.76. The van der Waals surface area contributed by atoms with E-state index < -0.39 is 5.97 Å². The highest BCUT2D eigenvalue weighted by Crippen LogP contribution is 2.09. The molecule has 21 heavy (non-hydrogen) atoms. The van der Waals surface area contributed by atoms with Crippen LogP contribution in [0.5, 0.6) is 0 Å². The van der Waals surface area contributed by atoms with Crippen LogP contribution in [0, 0.1) is 0 Å². The molecule has 0 bridgehead atoms. The average Bonchev–Trinajstić information content (AvgIpc) is 2.45. The van der Waals surface area contributed by atoms with E-state index in [4.69, 9.17) is 5.11 Å². The molecule has 0 radical (unpaired) electrons. The van der Waals surface area contributed by atoms with Gasteiger partial charge in [0.25, 0.3) is 0 Å². The van der Waals surface area contributed by atoms with Crippen LogP contribution in [-0.4, -0.2) is 47.5 Å². The highest BCUT2D eigenvalue weighted by Gasteiger charge is 2.20. The molecule has 0 spiro atoms. The lowest BCUT2D eigenvalue weighted by atomic mass is 10.0. The lowest BCUT2D eigenvalue weighted by Crippen LogP contribution is -2.52. The third-order valence-corrected chi connectivity index (χ3v) is 3.22. The van der Waals surface area contributed by atoms with E-state index in [9.17, 15) is 14.4 Å². The van der Waals surface area contributed by atoms with E-state index in [1.807, 2.05) is 0 Å². The van der Waals surface area contributed by atoms with Gasteiger partial charge < -0.3 is 20.6 Å². The fourth-order valence-electron chi connectivity index (χ4n) is 2.16. The standard InChI is InChI=1S/C14H17N3O4/c18-12-9-17(6-5-15-12)14(21)16-8-11-4-2-1-3-10(11)7-13(19)20/h1-4H,5-9H2,(H,15,18)(H,16,21)(H,19,20). The SMILES string of the molecule is O=C(O)Cc1ccccc1CNC(=O)N1CCNC(=O)C1. The van der Waals surface area contributed by atoms with Gasteiger partial charge in [-0.25, -0.2) is 4.79 Å². The minimum absolute atomic E-state index is 0.0443. The molecule has 1 aliphatic rings. The fraction of sp³-hybridized carbons (Fsp3) is 0.357. The minimum atomic E-state index is -0.915. The molecule has 3 N–H and O–H groups in total. The third-order valence-electron chi connectivity index (χ3n) is 3.22. The number of nitrogens with zero attached hydrogens (tertiary/aromatic N) is 1. The van der Waals surface area contributed by atoms with E-state index in [1.54, 1.807) is 24.3 Å². The van der Waals surface area contributed by atoms with Crippen molar-refractivity contribution in [1.82, 2.24) is 15.5 Å². The number of hydrogen-bond donors (Lipinski definition) is 3. The Hall–Kier alpha value is -2.57. The van der Waals surface area contributed by atoms with Crippen molar-refractivity contribution < 1.29 is 19.5 Å². The lowest BCUT2D eigenvalue weighted by Gasteiger charge is -2.26. The molecule has 0 aliphatic carbocycles. The van der Waals surface area contributed by atoms with Crippen molar-refractivity contribution in [2.24, 2.45) is 0 Å². The van der Waals surface area contributed by atoms with Gasteiger partial charge in [-0.2, -0.15) is 0 Å². The topological polar surface area (TPSA) is 98.7 Å². The second kappa shape index (κ2) is 6.74. The smallest absolute Gasteiger partial charge is 0.318 e. The fourth-order valence-corrected chi connectivity index (χ4v) is 2.16. The van der Waals surface area contributed by atoms with Gasteiger partial charge in [-0.3, -0.25) is 9.59 Å². The summed E-state index contributed by atoms with van der Waals surface area (Å²) >= 11 is 0. The molecule has 2 rings (SSSR count). The Bertz CT molecular complexity index is 559. The minimum Gasteiger partial charge on any atom is -0.481 e. The number of piperazine rings is 1. The molecule has 1 aliphatic heterocycles. The molecular formula is C14H17N3O4. The van der Waals surface area contributed by atoms with Crippen LogP contribution in [-0.2, 0) is 22.6 Å². The molecule has 1 aromatic carbocycles. The van der Waals surface area contributed by atoms with Gasteiger partial charge in [0.05, 0.1) is 6.42 Å². The van der Waals surface area contributed by atoms with Crippen molar-refractivity contribution in [3.8, 4) is 0 Å². The van der Waals surface area contributed by atoms with Crippen molar-refractivity contribution in [2.75, 3.05) is 19.6 Å². The van der Waals surface area contributed by atoms with Crippen molar-refractivity contribution in [2.45, 2.75) is 13.0 Å². The van der Waals surface area contributed by atoms with E-state index >= 15 is 0 Å². The van der Waals surface area contributed by atoms with Crippen LogP contribution in [0.1, 0.15) is 11.1 Å². The average molecular weight is 291 g/mol.